The Bertz CT molecular complexity index is 532. The Kier molecular flexibility index (Phi) is 9.72. The molecule has 0 unspecified atom stereocenters. The number of hydroxylamine groups is 1. The summed E-state index contributed by atoms with van der Waals surface area (Å²) in [6, 6.07) is 5.22. The molecular formula is C18H29N3O3. The van der Waals surface area contributed by atoms with Gasteiger partial charge in [-0.1, -0.05) is 26.8 Å². The summed E-state index contributed by atoms with van der Waals surface area (Å²) in [5.41, 5.74) is 4.47. The van der Waals surface area contributed by atoms with Gasteiger partial charge in [0, 0.05) is 19.6 Å². The smallest absolute Gasteiger partial charge is 0.252 e. The summed E-state index contributed by atoms with van der Waals surface area (Å²) in [4.78, 5) is 30.0. The molecule has 0 aromatic heterocycles. The summed E-state index contributed by atoms with van der Waals surface area (Å²) in [7, 11) is 0. The number of benzene rings is 1. The topological polar surface area (TPSA) is 79.5 Å². The van der Waals surface area contributed by atoms with Crippen molar-refractivity contribution in [3.8, 4) is 0 Å². The Balaban J connectivity index is 2.92. The van der Waals surface area contributed by atoms with Gasteiger partial charge in [0.2, 0.25) is 0 Å². The molecule has 0 aliphatic rings. The molecule has 134 valence electrons. The van der Waals surface area contributed by atoms with Crippen LogP contribution in [0.3, 0.4) is 0 Å². The first-order chi connectivity index (χ1) is 11.6. The van der Waals surface area contributed by atoms with Gasteiger partial charge in [0.1, 0.15) is 0 Å². The maximum Gasteiger partial charge on any atom is 0.252 e. The summed E-state index contributed by atoms with van der Waals surface area (Å²) >= 11 is 0. The number of carbonyl (C=O) groups excluding carboxylic acids is 2. The third-order valence-corrected chi connectivity index (χ3v) is 3.34. The molecule has 24 heavy (non-hydrogen) atoms. The average Bonchev–Trinajstić information content (AvgIpc) is 2.61. The molecule has 0 bridgehead atoms. The van der Waals surface area contributed by atoms with E-state index in [2.05, 4.69) is 23.0 Å². The summed E-state index contributed by atoms with van der Waals surface area (Å²) in [6.45, 7) is 8.29. The minimum atomic E-state index is -0.234. The van der Waals surface area contributed by atoms with Crippen LogP contribution in [0.5, 0.6) is 0 Å². The minimum absolute atomic E-state index is 0.227. The van der Waals surface area contributed by atoms with E-state index in [-0.39, 0.29) is 11.8 Å². The summed E-state index contributed by atoms with van der Waals surface area (Å²) < 4.78 is 0. The predicted octanol–water partition coefficient (Wildman–Crippen LogP) is 2.40. The van der Waals surface area contributed by atoms with E-state index in [0.29, 0.717) is 30.8 Å². The van der Waals surface area contributed by atoms with Gasteiger partial charge in [0.25, 0.3) is 11.8 Å². The number of amides is 2. The molecule has 0 atom stereocenters. The van der Waals surface area contributed by atoms with Crippen LogP contribution in [-0.4, -0.2) is 31.4 Å². The zero-order valence-corrected chi connectivity index (χ0v) is 14.9. The van der Waals surface area contributed by atoms with Crippen molar-refractivity contribution in [1.29, 1.82) is 0 Å². The molecule has 0 fully saturated rings. The molecule has 0 aliphatic carbocycles. The second-order valence-corrected chi connectivity index (χ2v) is 5.57. The van der Waals surface area contributed by atoms with Crippen LogP contribution >= 0.6 is 0 Å². The van der Waals surface area contributed by atoms with E-state index >= 15 is 0 Å². The number of hydrogen-bond acceptors (Lipinski definition) is 4. The number of carbonyl (C=O) groups is 2. The molecule has 0 saturated heterocycles. The van der Waals surface area contributed by atoms with Crippen molar-refractivity contribution in [3.05, 3.63) is 34.9 Å². The molecule has 1 rings (SSSR count). The van der Waals surface area contributed by atoms with Gasteiger partial charge in [-0.3, -0.25) is 14.4 Å². The van der Waals surface area contributed by atoms with Gasteiger partial charge < -0.3 is 10.6 Å². The van der Waals surface area contributed by atoms with Gasteiger partial charge in [-0.25, -0.2) is 5.48 Å². The van der Waals surface area contributed by atoms with E-state index in [0.717, 1.165) is 31.4 Å². The van der Waals surface area contributed by atoms with Crippen LogP contribution in [0, 0.1) is 0 Å². The van der Waals surface area contributed by atoms with Crippen LogP contribution in [0.4, 0.5) is 0 Å². The maximum absolute atomic E-state index is 12.4. The standard InChI is InChI=1S/C18H29N3O3/c1-4-9-19-17(22)15-8-7-14(13-24-21-11-6-3)12-16(15)18(23)20-10-5-2/h7-8,12,21H,4-6,9-11,13H2,1-3H3,(H,19,22)(H,20,23). The first-order valence-corrected chi connectivity index (χ1v) is 8.67. The molecule has 0 radical (unpaired) electrons. The van der Waals surface area contributed by atoms with Gasteiger partial charge in [0.15, 0.2) is 0 Å². The lowest BCUT2D eigenvalue weighted by Crippen LogP contribution is -2.30. The second kappa shape index (κ2) is 11.6. The van der Waals surface area contributed by atoms with Crippen molar-refractivity contribution in [3.63, 3.8) is 0 Å². The van der Waals surface area contributed by atoms with E-state index in [1.807, 2.05) is 19.9 Å². The van der Waals surface area contributed by atoms with E-state index in [1.54, 1.807) is 12.1 Å². The molecule has 6 heteroatoms. The monoisotopic (exact) mass is 335 g/mol. The molecule has 1 aromatic carbocycles. The van der Waals surface area contributed by atoms with Gasteiger partial charge in [-0.2, -0.15) is 0 Å². The Morgan fingerprint density at radius 1 is 0.875 bits per heavy atom. The molecule has 0 aliphatic heterocycles. The SMILES string of the molecule is CCCNOCc1ccc(C(=O)NCCC)c(C(=O)NCCC)c1. The van der Waals surface area contributed by atoms with Gasteiger partial charge in [0.05, 0.1) is 17.7 Å². The van der Waals surface area contributed by atoms with E-state index in [4.69, 9.17) is 4.84 Å². The van der Waals surface area contributed by atoms with Crippen LogP contribution in [0.25, 0.3) is 0 Å². The molecule has 6 nitrogen and oxygen atoms in total. The zero-order valence-electron chi connectivity index (χ0n) is 14.9. The fourth-order valence-electron chi connectivity index (χ4n) is 2.04. The lowest BCUT2D eigenvalue weighted by molar-refractivity contribution is 0.0282. The lowest BCUT2D eigenvalue weighted by Gasteiger charge is -2.12. The second-order valence-electron chi connectivity index (χ2n) is 5.57. The Morgan fingerprint density at radius 3 is 2.04 bits per heavy atom. The first-order valence-electron chi connectivity index (χ1n) is 8.67. The lowest BCUT2D eigenvalue weighted by atomic mass is 10.0. The molecule has 2 amide bonds. The molecule has 0 saturated carbocycles. The molecule has 0 heterocycles. The third-order valence-electron chi connectivity index (χ3n) is 3.34. The van der Waals surface area contributed by atoms with Crippen LogP contribution in [0.1, 0.15) is 66.3 Å². The van der Waals surface area contributed by atoms with E-state index in [1.165, 1.54) is 0 Å². The van der Waals surface area contributed by atoms with Crippen molar-refractivity contribution >= 4 is 11.8 Å². The Labute approximate surface area is 144 Å². The molecule has 3 N–H and O–H groups in total. The molecule has 1 aromatic rings. The highest BCUT2D eigenvalue weighted by molar-refractivity contribution is 6.07. The fraction of sp³-hybridized carbons (Fsp3) is 0.556. The van der Waals surface area contributed by atoms with Crippen molar-refractivity contribution in [2.24, 2.45) is 0 Å². The zero-order chi connectivity index (χ0) is 17.8. The normalized spacial score (nSPS) is 10.5. The Morgan fingerprint density at radius 2 is 1.46 bits per heavy atom. The van der Waals surface area contributed by atoms with Crippen molar-refractivity contribution in [1.82, 2.24) is 16.1 Å². The Hall–Kier alpha value is -1.92. The third kappa shape index (κ3) is 6.68. The number of hydrogen-bond donors (Lipinski definition) is 3. The van der Waals surface area contributed by atoms with Gasteiger partial charge in [-0.05, 0) is 37.0 Å². The van der Waals surface area contributed by atoms with E-state index in [9.17, 15) is 9.59 Å². The molecular weight excluding hydrogens is 306 g/mol. The number of rotatable bonds is 11. The quantitative estimate of drug-likeness (QED) is 0.428. The highest BCUT2D eigenvalue weighted by Crippen LogP contribution is 2.14. The first kappa shape index (κ1) is 20.1. The van der Waals surface area contributed by atoms with Crippen molar-refractivity contribution < 1.29 is 14.4 Å². The van der Waals surface area contributed by atoms with Crippen LogP contribution < -0.4 is 16.1 Å². The number of nitrogens with one attached hydrogen (secondary N) is 3. The minimum Gasteiger partial charge on any atom is -0.352 e. The summed E-state index contributed by atoms with van der Waals surface area (Å²) in [6.07, 6.45) is 2.66. The van der Waals surface area contributed by atoms with Crippen molar-refractivity contribution in [2.45, 2.75) is 46.6 Å². The van der Waals surface area contributed by atoms with Gasteiger partial charge >= 0.3 is 0 Å². The average molecular weight is 335 g/mol. The van der Waals surface area contributed by atoms with Crippen LogP contribution in [0.2, 0.25) is 0 Å². The summed E-state index contributed by atoms with van der Waals surface area (Å²) in [5, 5.41) is 5.65. The predicted molar refractivity (Wildman–Crippen MR) is 94.8 cm³/mol. The van der Waals surface area contributed by atoms with Crippen molar-refractivity contribution in [2.75, 3.05) is 19.6 Å². The van der Waals surface area contributed by atoms with E-state index < -0.39 is 0 Å². The van der Waals surface area contributed by atoms with Crippen LogP contribution in [-0.2, 0) is 11.4 Å². The largest absolute Gasteiger partial charge is 0.352 e. The van der Waals surface area contributed by atoms with Gasteiger partial charge in [-0.15, -0.1) is 0 Å². The fourth-order valence-corrected chi connectivity index (χ4v) is 2.04. The highest BCUT2D eigenvalue weighted by Gasteiger charge is 2.17. The molecule has 0 spiro atoms. The maximum atomic E-state index is 12.4. The summed E-state index contributed by atoms with van der Waals surface area (Å²) in [5.74, 6) is -0.461. The highest BCUT2D eigenvalue weighted by atomic mass is 16.6. The van der Waals surface area contributed by atoms with Crippen LogP contribution in [0.15, 0.2) is 18.2 Å².